The lowest BCUT2D eigenvalue weighted by Crippen LogP contribution is -2.08. The van der Waals surface area contributed by atoms with Gasteiger partial charge in [-0.2, -0.15) is 0 Å². The Kier molecular flexibility index (Phi) is 5.38. The Labute approximate surface area is 127 Å². The van der Waals surface area contributed by atoms with Crippen LogP contribution in [0.2, 0.25) is 0 Å². The predicted octanol–water partition coefficient (Wildman–Crippen LogP) is 5.65. The minimum Gasteiger partial charge on any atom is -0.378 e. The van der Waals surface area contributed by atoms with Gasteiger partial charge in [0.15, 0.2) is 0 Å². The van der Waals surface area contributed by atoms with Gasteiger partial charge < -0.3 is 5.32 Å². The number of nitrogens with one attached hydrogen (secondary N) is 1. The largest absolute Gasteiger partial charge is 0.378 e. The molecule has 2 aromatic carbocycles. The van der Waals surface area contributed by atoms with Crippen molar-refractivity contribution < 1.29 is 4.39 Å². The first-order chi connectivity index (χ1) is 10.1. The first kappa shape index (κ1) is 15.6. The Morgan fingerprint density at radius 1 is 1.10 bits per heavy atom. The Balaban J connectivity index is 2.06. The van der Waals surface area contributed by atoms with Crippen LogP contribution in [0.5, 0.6) is 0 Å². The molecule has 0 spiro atoms. The standard InChI is InChI=1S/C19H24FN/c1-4-5-7-16-10-12-17(13-11-16)15(3)21-19-9-6-8-18(20)14(19)2/h6,8-13,15,21H,4-5,7H2,1-3H3. The van der Waals surface area contributed by atoms with E-state index in [4.69, 9.17) is 0 Å². The highest BCUT2D eigenvalue weighted by atomic mass is 19.1. The molecule has 0 saturated carbocycles. The van der Waals surface area contributed by atoms with Crippen LogP contribution in [0.25, 0.3) is 0 Å². The molecule has 1 atom stereocenters. The summed E-state index contributed by atoms with van der Waals surface area (Å²) in [5, 5.41) is 3.39. The summed E-state index contributed by atoms with van der Waals surface area (Å²) in [6, 6.07) is 14.0. The van der Waals surface area contributed by atoms with E-state index in [1.54, 1.807) is 13.0 Å². The van der Waals surface area contributed by atoms with Crippen molar-refractivity contribution in [1.29, 1.82) is 0 Å². The summed E-state index contributed by atoms with van der Waals surface area (Å²) in [5.41, 5.74) is 4.13. The van der Waals surface area contributed by atoms with Gasteiger partial charge in [0.2, 0.25) is 0 Å². The molecular weight excluding hydrogens is 261 g/mol. The minimum atomic E-state index is -0.165. The molecule has 0 aliphatic heterocycles. The van der Waals surface area contributed by atoms with Crippen molar-refractivity contribution >= 4 is 5.69 Å². The average Bonchev–Trinajstić information content (AvgIpc) is 2.50. The number of anilines is 1. The van der Waals surface area contributed by atoms with E-state index in [9.17, 15) is 4.39 Å². The van der Waals surface area contributed by atoms with Gasteiger partial charge in [-0.25, -0.2) is 4.39 Å². The normalized spacial score (nSPS) is 12.2. The molecule has 0 heterocycles. The Bertz CT molecular complexity index is 575. The van der Waals surface area contributed by atoms with Crippen LogP contribution in [0.15, 0.2) is 42.5 Å². The molecule has 0 amide bonds. The Morgan fingerprint density at radius 3 is 2.48 bits per heavy atom. The molecule has 1 nitrogen and oxygen atoms in total. The Morgan fingerprint density at radius 2 is 1.81 bits per heavy atom. The maximum atomic E-state index is 13.6. The number of hydrogen-bond donors (Lipinski definition) is 1. The van der Waals surface area contributed by atoms with E-state index in [-0.39, 0.29) is 11.9 Å². The van der Waals surface area contributed by atoms with Gasteiger partial charge in [-0.05, 0) is 49.9 Å². The van der Waals surface area contributed by atoms with Crippen molar-refractivity contribution in [2.45, 2.75) is 46.1 Å². The van der Waals surface area contributed by atoms with Crippen molar-refractivity contribution in [2.75, 3.05) is 5.32 Å². The van der Waals surface area contributed by atoms with Gasteiger partial charge in [0, 0.05) is 17.3 Å². The second-order valence-corrected chi connectivity index (χ2v) is 5.62. The SMILES string of the molecule is CCCCc1ccc(C(C)Nc2cccc(F)c2C)cc1. The van der Waals surface area contributed by atoms with Crippen molar-refractivity contribution in [3.05, 3.63) is 65.0 Å². The highest BCUT2D eigenvalue weighted by molar-refractivity contribution is 5.52. The third-order valence-corrected chi connectivity index (χ3v) is 3.94. The molecule has 2 rings (SSSR count). The van der Waals surface area contributed by atoms with Crippen molar-refractivity contribution in [2.24, 2.45) is 0 Å². The topological polar surface area (TPSA) is 12.0 Å². The third-order valence-electron chi connectivity index (χ3n) is 3.94. The second-order valence-electron chi connectivity index (χ2n) is 5.62. The van der Waals surface area contributed by atoms with Crippen LogP contribution in [0, 0.1) is 12.7 Å². The smallest absolute Gasteiger partial charge is 0.128 e. The van der Waals surface area contributed by atoms with E-state index >= 15 is 0 Å². The summed E-state index contributed by atoms with van der Waals surface area (Å²) in [4.78, 5) is 0. The van der Waals surface area contributed by atoms with Gasteiger partial charge >= 0.3 is 0 Å². The summed E-state index contributed by atoms with van der Waals surface area (Å²) >= 11 is 0. The van der Waals surface area contributed by atoms with Crippen molar-refractivity contribution in [3.8, 4) is 0 Å². The highest BCUT2D eigenvalue weighted by Crippen LogP contribution is 2.24. The molecule has 0 aliphatic rings. The summed E-state index contributed by atoms with van der Waals surface area (Å²) in [7, 11) is 0. The molecule has 0 saturated heterocycles. The van der Waals surface area contributed by atoms with Gasteiger partial charge in [0.25, 0.3) is 0 Å². The van der Waals surface area contributed by atoms with Crippen LogP contribution in [0.1, 0.15) is 49.4 Å². The first-order valence-corrected chi connectivity index (χ1v) is 7.72. The van der Waals surface area contributed by atoms with E-state index in [0.29, 0.717) is 5.56 Å². The maximum absolute atomic E-state index is 13.6. The zero-order chi connectivity index (χ0) is 15.2. The molecule has 0 aliphatic carbocycles. The number of aryl methyl sites for hydroxylation is 1. The lowest BCUT2D eigenvalue weighted by Gasteiger charge is -2.18. The monoisotopic (exact) mass is 285 g/mol. The summed E-state index contributed by atoms with van der Waals surface area (Å²) in [6.07, 6.45) is 3.59. The average molecular weight is 285 g/mol. The summed E-state index contributed by atoms with van der Waals surface area (Å²) in [6.45, 7) is 6.12. The van der Waals surface area contributed by atoms with E-state index in [1.807, 2.05) is 6.07 Å². The van der Waals surface area contributed by atoms with Crippen LogP contribution in [0.3, 0.4) is 0 Å². The number of rotatable bonds is 6. The minimum absolute atomic E-state index is 0.158. The molecule has 21 heavy (non-hydrogen) atoms. The van der Waals surface area contributed by atoms with Crippen molar-refractivity contribution in [3.63, 3.8) is 0 Å². The fraction of sp³-hybridized carbons (Fsp3) is 0.368. The quantitative estimate of drug-likeness (QED) is 0.723. The zero-order valence-electron chi connectivity index (χ0n) is 13.1. The van der Waals surface area contributed by atoms with Gasteiger partial charge in [-0.1, -0.05) is 43.7 Å². The molecule has 2 heteroatoms. The van der Waals surface area contributed by atoms with E-state index in [1.165, 1.54) is 30.0 Å². The molecule has 0 radical (unpaired) electrons. The second kappa shape index (κ2) is 7.26. The van der Waals surface area contributed by atoms with E-state index < -0.39 is 0 Å². The highest BCUT2D eigenvalue weighted by Gasteiger charge is 2.09. The van der Waals surface area contributed by atoms with Gasteiger partial charge in [-0.3, -0.25) is 0 Å². The molecule has 0 bridgehead atoms. The molecule has 0 fully saturated rings. The van der Waals surface area contributed by atoms with Crippen LogP contribution in [0.4, 0.5) is 10.1 Å². The molecule has 112 valence electrons. The first-order valence-electron chi connectivity index (χ1n) is 7.72. The number of halogens is 1. The molecular formula is C19H24FN. The zero-order valence-corrected chi connectivity index (χ0v) is 13.1. The molecule has 1 N–H and O–H groups in total. The number of benzene rings is 2. The lowest BCUT2D eigenvalue weighted by atomic mass is 10.0. The summed E-state index contributed by atoms with van der Waals surface area (Å²) < 4.78 is 13.6. The van der Waals surface area contributed by atoms with E-state index in [0.717, 1.165) is 12.1 Å². The van der Waals surface area contributed by atoms with Crippen LogP contribution in [-0.4, -0.2) is 0 Å². The number of hydrogen-bond acceptors (Lipinski definition) is 1. The molecule has 1 unspecified atom stereocenters. The molecule has 0 aromatic heterocycles. The van der Waals surface area contributed by atoms with Gasteiger partial charge in [-0.15, -0.1) is 0 Å². The number of unbranched alkanes of at least 4 members (excludes halogenated alkanes) is 1. The molecule has 2 aromatic rings. The van der Waals surface area contributed by atoms with Gasteiger partial charge in [0.1, 0.15) is 5.82 Å². The lowest BCUT2D eigenvalue weighted by molar-refractivity contribution is 0.618. The third kappa shape index (κ3) is 4.07. The summed E-state index contributed by atoms with van der Waals surface area (Å²) in [5.74, 6) is -0.165. The fourth-order valence-corrected chi connectivity index (χ4v) is 2.43. The van der Waals surface area contributed by atoms with Crippen LogP contribution >= 0.6 is 0 Å². The van der Waals surface area contributed by atoms with Crippen LogP contribution in [-0.2, 0) is 6.42 Å². The van der Waals surface area contributed by atoms with E-state index in [2.05, 4.69) is 43.4 Å². The van der Waals surface area contributed by atoms with Crippen LogP contribution < -0.4 is 5.32 Å². The Hall–Kier alpha value is -1.83. The maximum Gasteiger partial charge on any atom is 0.128 e. The van der Waals surface area contributed by atoms with Gasteiger partial charge in [0.05, 0.1) is 0 Å². The van der Waals surface area contributed by atoms with Crippen molar-refractivity contribution in [1.82, 2.24) is 0 Å². The predicted molar refractivity (Wildman–Crippen MR) is 88.2 cm³/mol. The fourth-order valence-electron chi connectivity index (χ4n) is 2.43.